The molecule has 6 heteroatoms. The summed E-state index contributed by atoms with van der Waals surface area (Å²) < 4.78 is 48.5. The van der Waals surface area contributed by atoms with E-state index in [2.05, 4.69) is 0 Å². The van der Waals surface area contributed by atoms with E-state index in [1.807, 2.05) is 0 Å². The third-order valence-electron chi connectivity index (χ3n) is 3.13. The van der Waals surface area contributed by atoms with Gasteiger partial charge in [-0.3, -0.25) is 0 Å². The van der Waals surface area contributed by atoms with Gasteiger partial charge in [-0.1, -0.05) is 0 Å². The van der Waals surface area contributed by atoms with Gasteiger partial charge in [-0.25, -0.2) is 0 Å². The number of nitriles is 1. The standard InChI is InChI=1S/C14H14F3NO2/c15-14(16,17)11-4-5-13(10(7-11)8-18)20-9-12-3-1-2-6-19-12/h4-5,7,12H,1-3,6,9H2. The quantitative estimate of drug-likeness (QED) is 0.853. The Kier molecular flexibility index (Phi) is 4.50. The number of nitrogens with zero attached hydrogens (tertiary/aromatic N) is 1. The van der Waals surface area contributed by atoms with Crippen molar-refractivity contribution in [2.75, 3.05) is 13.2 Å². The lowest BCUT2D eigenvalue weighted by Crippen LogP contribution is -2.26. The van der Waals surface area contributed by atoms with Gasteiger partial charge in [0.25, 0.3) is 0 Å². The molecule has 1 unspecified atom stereocenters. The van der Waals surface area contributed by atoms with Crippen molar-refractivity contribution in [1.82, 2.24) is 0 Å². The molecule has 1 aromatic carbocycles. The molecule has 1 aliphatic rings. The van der Waals surface area contributed by atoms with E-state index in [1.165, 1.54) is 6.07 Å². The minimum atomic E-state index is -4.46. The van der Waals surface area contributed by atoms with Gasteiger partial charge in [0.05, 0.1) is 17.2 Å². The monoisotopic (exact) mass is 285 g/mol. The largest absolute Gasteiger partial charge is 0.489 e. The summed E-state index contributed by atoms with van der Waals surface area (Å²) in [6, 6.07) is 4.63. The van der Waals surface area contributed by atoms with Crippen LogP contribution < -0.4 is 4.74 Å². The Labute approximate surface area is 114 Å². The van der Waals surface area contributed by atoms with Crippen molar-refractivity contribution in [1.29, 1.82) is 5.26 Å². The van der Waals surface area contributed by atoms with Gasteiger partial charge in [-0.2, -0.15) is 18.4 Å². The third-order valence-corrected chi connectivity index (χ3v) is 3.13. The lowest BCUT2D eigenvalue weighted by Gasteiger charge is -2.23. The average molecular weight is 285 g/mol. The number of halogens is 3. The third kappa shape index (κ3) is 3.64. The van der Waals surface area contributed by atoms with Gasteiger partial charge in [0.2, 0.25) is 0 Å². The summed E-state index contributed by atoms with van der Waals surface area (Å²) in [6.07, 6.45) is -1.59. The summed E-state index contributed by atoms with van der Waals surface area (Å²) in [7, 11) is 0. The first-order valence-corrected chi connectivity index (χ1v) is 6.36. The summed E-state index contributed by atoms with van der Waals surface area (Å²) in [5.74, 6) is 0.162. The molecule has 1 heterocycles. The second-order valence-electron chi connectivity index (χ2n) is 4.62. The van der Waals surface area contributed by atoms with Crippen LogP contribution in [0.25, 0.3) is 0 Å². The van der Waals surface area contributed by atoms with E-state index in [0.717, 1.165) is 31.4 Å². The molecule has 0 aromatic heterocycles. The molecule has 1 aromatic rings. The molecule has 20 heavy (non-hydrogen) atoms. The molecule has 0 bridgehead atoms. The minimum absolute atomic E-state index is 0.0578. The topological polar surface area (TPSA) is 42.2 Å². The number of benzene rings is 1. The van der Waals surface area contributed by atoms with Crippen LogP contribution >= 0.6 is 0 Å². The summed E-state index contributed by atoms with van der Waals surface area (Å²) in [6.45, 7) is 0.923. The Balaban J connectivity index is 2.06. The van der Waals surface area contributed by atoms with Crippen molar-refractivity contribution >= 4 is 0 Å². The molecular formula is C14H14F3NO2. The maximum atomic E-state index is 12.5. The van der Waals surface area contributed by atoms with E-state index in [-0.39, 0.29) is 24.0 Å². The summed E-state index contributed by atoms with van der Waals surface area (Å²) in [4.78, 5) is 0. The van der Waals surface area contributed by atoms with Gasteiger partial charge in [0.1, 0.15) is 18.4 Å². The molecule has 1 fully saturated rings. The highest BCUT2D eigenvalue weighted by Gasteiger charge is 2.31. The van der Waals surface area contributed by atoms with Crippen LogP contribution in [0.1, 0.15) is 30.4 Å². The zero-order chi connectivity index (χ0) is 14.6. The molecule has 1 saturated heterocycles. The molecular weight excluding hydrogens is 271 g/mol. The Hall–Kier alpha value is -1.74. The van der Waals surface area contributed by atoms with Crippen LogP contribution in [-0.4, -0.2) is 19.3 Å². The lowest BCUT2D eigenvalue weighted by atomic mass is 10.1. The second kappa shape index (κ2) is 6.14. The first kappa shape index (κ1) is 14.7. The maximum absolute atomic E-state index is 12.5. The van der Waals surface area contributed by atoms with Crippen LogP contribution in [0.4, 0.5) is 13.2 Å². The van der Waals surface area contributed by atoms with Crippen LogP contribution in [0.5, 0.6) is 5.75 Å². The van der Waals surface area contributed by atoms with Crippen molar-refractivity contribution < 1.29 is 22.6 Å². The molecule has 0 spiro atoms. The summed E-state index contributed by atoms with van der Waals surface area (Å²) in [5.41, 5.74) is -0.967. The van der Waals surface area contributed by atoms with E-state index in [1.54, 1.807) is 6.07 Å². The van der Waals surface area contributed by atoms with Crippen LogP contribution in [0.3, 0.4) is 0 Å². The predicted octanol–water partition coefficient (Wildman–Crippen LogP) is 3.52. The SMILES string of the molecule is N#Cc1cc(C(F)(F)F)ccc1OCC1CCCCO1. The summed E-state index contributed by atoms with van der Waals surface area (Å²) >= 11 is 0. The van der Waals surface area contributed by atoms with E-state index in [0.29, 0.717) is 6.61 Å². The minimum Gasteiger partial charge on any atom is -0.489 e. The fourth-order valence-electron chi connectivity index (χ4n) is 2.04. The van der Waals surface area contributed by atoms with Crippen LogP contribution in [0, 0.1) is 11.3 Å². The zero-order valence-electron chi connectivity index (χ0n) is 10.7. The molecule has 1 atom stereocenters. The van der Waals surface area contributed by atoms with Crippen molar-refractivity contribution in [3.05, 3.63) is 29.3 Å². The van der Waals surface area contributed by atoms with Gasteiger partial charge in [-0.15, -0.1) is 0 Å². The van der Waals surface area contributed by atoms with Crippen LogP contribution in [0.2, 0.25) is 0 Å². The van der Waals surface area contributed by atoms with Crippen LogP contribution in [0.15, 0.2) is 18.2 Å². The molecule has 0 amide bonds. The molecule has 0 radical (unpaired) electrons. The number of hydrogen-bond acceptors (Lipinski definition) is 3. The molecule has 108 valence electrons. The van der Waals surface area contributed by atoms with Crippen molar-refractivity contribution in [3.63, 3.8) is 0 Å². The smallest absolute Gasteiger partial charge is 0.416 e. The maximum Gasteiger partial charge on any atom is 0.416 e. The van der Waals surface area contributed by atoms with Gasteiger partial charge in [0, 0.05) is 6.61 Å². The van der Waals surface area contributed by atoms with Gasteiger partial charge >= 0.3 is 6.18 Å². The molecule has 0 N–H and O–H groups in total. The van der Waals surface area contributed by atoms with E-state index in [9.17, 15) is 13.2 Å². The average Bonchev–Trinajstić information content (AvgIpc) is 2.45. The Morgan fingerprint density at radius 3 is 2.75 bits per heavy atom. The molecule has 0 aliphatic carbocycles. The first-order chi connectivity index (χ1) is 9.50. The molecule has 1 aliphatic heterocycles. The van der Waals surface area contributed by atoms with E-state index < -0.39 is 11.7 Å². The molecule has 0 saturated carbocycles. The van der Waals surface area contributed by atoms with Crippen molar-refractivity contribution in [2.24, 2.45) is 0 Å². The Bertz CT molecular complexity index is 502. The van der Waals surface area contributed by atoms with Gasteiger partial charge < -0.3 is 9.47 Å². The van der Waals surface area contributed by atoms with Crippen molar-refractivity contribution in [2.45, 2.75) is 31.5 Å². The molecule has 2 rings (SSSR count). The lowest BCUT2D eigenvalue weighted by molar-refractivity contribution is -0.137. The second-order valence-corrected chi connectivity index (χ2v) is 4.62. The number of rotatable bonds is 3. The fraction of sp³-hybridized carbons (Fsp3) is 0.500. The highest BCUT2D eigenvalue weighted by atomic mass is 19.4. The highest BCUT2D eigenvalue weighted by Crippen LogP contribution is 2.32. The fourth-order valence-corrected chi connectivity index (χ4v) is 2.04. The number of hydrogen-bond donors (Lipinski definition) is 0. The first-order valence-electron chi connectivity index (χ1n) is 6.36. The van der Waals surface area contributed by atoms with Crippen molar-refractivity contribution in [3.8, 4) is 11.8 Å². The Morgan fingerprint density at radius 2 is 2.15 bits per heavy atom. The number of ether oxygens (including phenoxy) is 2. The van der Waals surface area contributed by atoms with Gasteiger partial charge in [0.15, 0.2) is 0 Å². The Morgan fingerprint density at radius 1 is 1.35 bits per heavy atom. The van der Waals surface area contributed by atoms with E-state index >= 15 is 0 Å². The predicted molar refractivity (Wildman–Crippen MR) is 65.2 cm³/mol. The van der Waals surface area contributed by atoms with E-state index in [4.69, 9.17) is 14.7 Å². The number of alkyl halides is 3. The zero-order valence-corrected chi connectivity index (χ0v) is 10.7. The van der Waals surface area contributed by atoms with Crippen LogP contribution in [-0.2, 0) is 10.9 Å². The molecule has 3 nitrogen and oxygen atoms in total. The normalized spacial score (nSPS) is 19.4. The summed E-state index contributed by atoms with van der Waals surface area (Å²) in [5, 5.41) is 8.92. The highest BCUT2D eigenvalue weighted by molar-refractivity contribution is 5.46. The van der Waals surface area contributed by atoms with Gasteiger partial charge in [-0.05, 0) is 37.5 Å².